The van der Waals surface area contributed by atoms with Crippen molar-refractivity contribution in [3.05, 3.63) is 72.1 Å². The number of aromatic amines is 1. The van der Waals surface area contributed by atoms with Crippen molar-refractivity contribution in [2.75, 3.05) is 0 Å². The minimum atomic E-state index is -0.887. The maximum absolute atomic E-state index is 11.9. The number of fused-ring (bicyclic) bond motifs is 1. The van der Waals surface area contributed by atoms with Crippen LogP contribution in [0.15, 0.2) is 60.8 Å². The number of rotatable bonds is 9. The van der Waals surface area contributed by atoms with Gasteiger partial charge in [-0.2, -0.15) is 15.0 Å². The quantitative estimate of drug-likeness (QED) is 0.397. The number of H-pyrrole nitrogens is 1. The van der Waals surface area contributed by atoms with Crippen molar-refractivity contribution in [1.82, 2.24) is 25.3 Å². The van der Waals surface area contributed by atoms with E-state index in [9.17, 15) is 9.90 Å². The number of carboxylic acids is 1. The fourth-order valence-electron chi connectivity index (χ4n) is 3.61. The number of nitrogens with one attached hydrogen (secondary N) is 2. The highest BCUT2D eigenvalue weighted by Crippen LogP contribution is 2.22. The van der Waals surface area contributed by atoms with Crippen LogP contribution in [0.25, 0.3) is 22.2 Å². The Morgan fingerprint density at radius 2 is 1.90 bits per heavy atom. The van der Waals surface area contributed by atoms with Crippen molar-refractivity contribution in [2.24, 2.45) is 0 Å². The zero-order chi connectivity index (χ0) is 20.9. The number of aliphatic carboxylic acids is 1. The van der Waals surface area contributed by atoms with Gasteiger partial charge in [-0.25, -0.2) is 0 Å². The van der Waals surface area contributed by atoms with Crippen LogP contribution >= 0.6 is 0 Å². The molecule has 0 aliphatic carbocycles. The predicted octanol–water partition coefficient (Wildman–Crippen LogP) is 3.62. The molecule has 7 nitrogen and oxygen atoms in total. The SMILES string of the molecule is CCCn1nc(CN[C@H](Cc2c[nH]c3ccccc23)C(=O)O)c(-c2ccccc2)n1. The predicted molar refractivity (Wildman–Crippen MR) is 116 cm³/mol. The zero-order valence-electron chi connectivity index (χ0n) is 16.9. The summed E-state index contributed by atoms with van der Waals surface area (Å²) in [5.74, 6) is -0.887. The summed E-state index contributed by atoms with van der Waals surface area (Å²) < 4.78 is 0. The van der Waals surface area contributed by atoms with E-state index in [0.717, 1.165) is 46.4 Å². The van der Waals surface area contributed by atoms with Gasteiger partial charge in [0.1, 0.15) is 17.4 Å². The van der Waals surface area contributed by atoms with Gasteiger partial charge < -0.3 is 10.1 Å². The highest BCUT2D eigenvalue weighted by molar-refractivity contribution is 5.84. The van der Waals surface area contributed by atoms with Gasteiger partial charge in [0.15, 0.2) is 0 Å². The van der Waals surface area contributed by atoms with E-state index in [0.29, 0.717) is 13.0 Å². The summed E-state index contributed by atoms with van der Waals surface area (Å²) in [4.78, 5) is 16.8. The molecule has 30 heavy (non-hydrogen) atoms. The number of benzene rings is 2. The van der Waals surface area contributed by atoms with E-state index in [-0.39, 0.29) is 0 Å². The first-order chi connectivity index (χ1) is 14.7. The lowest BCUT2D eigenvalue weighted by Crippen LogP contribution is -2.38. The van der Waals surface area contributed by atoms with Gasteiger partial charge in [-0.15, -0.1) is 0 Å². The highest BCUT2D eigenvalue weighted by Gasteiger charge is 2.21. The van der Waals surface area contributed by atoms with Gasteiger partial charge in [-0.1, -0.05) is 55.5 Å². The number of para-hydroxylation sites is 1. The zero-order valence-corrected chi connectivity index (χ0v) is 16.9. The lowest BCUT2D eigenvalue weighted by atomic mass is 10.0. The molecule has 0 aliphatic rings. The molecule has 154 valence electrons. The standard InChI is InChI=1S/C23H25N5O2/c1-2-12-28-26-21(22(27-28)16-8-4-3-5-9-16)15-25-20(23(29)30)13-17-14-24-19-11-7-6-10-18(17)19/h3-11,14,20,24-25H,2,12-13,15H2,1H3,(H,29,30)/t20-/m1/s1. The maximum atomic E-state index is 11.9. The third-order valence-corrected chi connectivity index (χ3v) is 5.11. The summed E-state index contributed by atoms with van der Waals surface area (Å²) in [6.07, 6.45) is 3.19. The van der Waals surface area contributed by atoms with Gasteiger partial charge in [0, 0.05) is 35.6 Å². The summed E-state index contributed by atoms with van der Waals surface area (Å²) in [5.41, 5.74) is 4.49. The number of aromatic nitrogens is 4. The number of hydrogen-bond acceptors (Lipinski definition) is 4. The van der Waals surface area contributed by atoms with Crippen LogP contribution in [0, 0.1) is 0 Å². The topological polar surface area (TPSA) is 95.8 Å². The normalized spacial score (nSPS) is 12.3. The van der Waals surface area contributed by atoms with Gasteiger partial charge in [0.2, 0.25) is 0 Å². The van der Waals surface area contributed by atoms with E-state index in [2.05, 4.69) is 27.4 Å². The van der Waals surface area contributed by atoms with E-state index in [1.54, 1.807) is 4.80 Å². The van der Waals surface area contributed by atoms with Gasteiger partial charge in [0.05, 0.1) is 6.54 Å². The molecular formula is C23H25N5O2. The summed E-state index contributed by atoms with van der Waals surface area (Å²) in [5, 5.41) is 23.2. The lowest BCUT2D eigenvalue weighted by Gasteiger charge is -2.13. The Kier molecular flexibility index (Phi) is 5.90. The molecular weight excluding hydrogens is 378 g/mol. The van der Waals surface area contributed by atoms with Crippen molar-refractivity contribution < 1.29 is 9.90 Å². The molecule has 0 aliphatic heterocycles. The Bertz CT molecular complexity index is 1130. The summed E-state index contributed by atoms with van der Waals surface area (Å²) in [6, 6.07) is 17.0. The van der Waals surface area contributed by atoms with Crippen molar-refractivity contribution in [3.63, 3.8) is 0 Å². The van der Waals surface area contributed by atoms with Crippen LogP contribution in [0.2, 0.25) is 0 Å². The van der Waals surface area contributed by atoms with Crippen LogP contribution < -0.4 is 5.32 Å². The third-order valence-electron chi connectivity index (χ3n) is 5.11. The Morgan fingerprint density at radius 1 is 1.13 bits per heavy atom. The van der Waals surface area contributed by atoms with E-state index >= 15 is 0 Å². The molecule has 7 heteroatoms. The molecule has 0 unspecified atom stereocenters. The largest absolute Gasteiger partial charge is 0.480 e. The molecule has 0 radical (unpaired) electrons. The Morgan fingerprint density at radius 3 is 2.67 bits per heavy atom. The molecule has 0 saturated carbocycles. The van der Waals surface area contributed by atoms with Crippen LogP contribution in [-0.2, 0) is 24.3 Å². The first-order valence-corrected chi connectivity index (χ1v) is 10.2. The minimum absolute atomic E-state index is 0.327. The van der Waals surface area contributed by atoms with Gasteiger partial charge in [0.25, 0.3) is 0 Å². The second kappa shape index (κ2) is 8.92. The maximum Gasteiger partial charge on any atom is 0.321 e. The third kappa shape index (κ3) is 4.26. The molecule has 4 rings (SSSR count). The summed E-state index contributed by atoms with van der Waals surface area (Å²) in [7, 11) is 0. The lowest BCUT2D eigenvalue weighted by molar-refractivity contribution is -0.139. The van der Waals surface area contributed by atoms with Crippen LogP contribution in [0.1, 0.15) is 24.6 Å². The molecule has 0 saturated heterocycles. The molecule has 0 spiro atoms. The van der Waals surface area contributed by atoms with Crippen LogP contribution in [-0.4, -0.2) is 37.1 Å². The fraction of sp³-hybridized carbons (Fsp3) is 0.261. The van der Waals surface area contributed by atoms with Crippen molar-refractivity contribution in [2.45, 2.75) is 38.9 Å². The van der Waals surface area contributed by atoms with E-state index in [4.69, 9.17) is 0 Å². The monoisotopic (exact) mass is 403 g/mol. The first kappa shape index (κ1) is 19.8. The summed E-state index contributed by atoms with van der Waals surface area (Å²) in [6.45, 7) is 3.12. The number of carbonyl (C=O) groups is 1. The first-order valence-electron chi connectivity index (χ1n) is 10.2. The molecule has 1 atom stereocenters. The van der Waals surface area contributed by atoms with Crippen molar-refractivity contribution in [1.29, 1.82) is 0 Å². The molecule has 2 aromatic heterocycles. The van der Waals surface area contributed by atoms with E-state index < -0.39 is 12.0 Å². The minimum Gasteiger partial charge on any atom is -0.480 e. The van der Waals surface area contributed by atoms with Crippen molar-refractivity contribution in [3.8, 4) is 11.3 Å². The second-order valence-electron chi connectivity index (χ2n) is 7.29. The number of hydrogen-bond donors (Lipinski definition) is 3. The van der Waals surface area contributed by atoms with E-state index in [1.165, 1.54) is 0 Å². The molecule has 0 amide bonds. The Balaban J connectivity index is 1.55. The molecule has 2 aromatic carbocycles. The average Bonchev–Trinajstić information content (AvgIpc) is 3.36. The average molecular weight is 403 g/mol. The summed E-state index contributed by atoms with van der Waals surface area (Å²) >= 11 is 0. The highest BCUT2D eigenvalue weighted by atomic mass is 16.4. The van der Waals surface area contributed by atoms with E-state index in [1.807, 2.05) is 60.8 Å². The van der Waals surface area contributed by atoms with Gasteiger partial charge in [-0.05, 0) is 18.1 Å². The number of carboxylic acid groups (broad SMARTS) is 1. The van der Waals surface area contributed by atoms with Crippen LogP contribution in [0.5, 0.6) is 0 Å². The molecule has 3 N–H and O–H groups in total. The smallest absolute Gasteiger partial charge is 0.321 e. The van der Waals surface area contributed by atoms with Crippen molar-refractivity contribution >= 4 is 16.9 Å². The van der Waals surface area contributed by atoms with Crippen LogP contribution in [0.4, 0.5) is 0 Å². The number of nitrogens with zero attached hydrogens (tertiary/aromatic N) is 3. The fourth-order valence-corrected chi connectivity index (χ4v) is 3.61. The van der Waals surface area contributed by atoms with Crippen LogP contribution in [0.3, 0.4) is 0 Å². The Hall–Kier alpha value is -3.45. The Labute approximate surface area is 174 Å². The van der Waals surface area contributed by atoms with Gasteiger partial charge >= 0.3 is 5.97 Å². The molecule has 0 fully saturated rings. The molecule has 0 bridgehead atoms. The molecule has 4 aromatic rings. The van der Waals surface area contributed by atoms with Gasteiger partial charge in [-0.3, -0.25) is 10.1 Å². The second-order valence-corrected chi connectivity index (χ2v) is 7.29. The molecule has 2 heterocycles. The number of aryl methyl sites for hydroxylation is 1.